The number of hydrogen-bond acceptors (Lipinski definition) is 3. The summed E-state index contributed by atoms with van der Waals surface area (Å²) < 4.78 is 0. The third-order valence-electron chi connectivity index (χ3n) is 5.54. The molecule has 1 aliphatic heterocycles. The molecule has 1 unspecified atom stereocenters. The molecular weight excluding hydrogens is 400 g/mol. The fourth-order valence-electron chi connectivity index (χ4n) is 4.04. The van der Waals surface area contributed by atoms with E-state index in [0.717, 1.165) is 35.2 Å². The van der Waals surface area contributed by atoms with Gasteiger partial charge in [0.1, 0.15) is 6.04 Å². The number of fused-ring (bicyclic) bond motifs is 1. The number of benzene rings is 2. The summed E-state index contributed by atoms with van der Waals surface area (Å²) in [5.74, 6) is -0.244. The Morgan fingerprint density at radius 1 is 1.10 bits per heavy atom. The molecule has 2 amide bonds. The highest BCUT2D eigenvalue weighted by Crippen LogP contribution is 2.22. The first-order valence-electron chi connectivity index (χ1n) is 10.1. The number of H-pyrrole nitrogens is 1. The molecule has 0 bridgehead atoms. The third kappa shape index (κ3) is 4.44. The fourth-order valence-corrected chi connectivity index (χ4v) is 4.23. The van der Waals surface area contributed by atoms with E-state index in [9.17, 15) is 9.59 Å². The molecule has 30 heavy (non-hydrogen) atoms. The first-order valence-corrected chi connectivity index (χ1v) is 10.5. The lowest BCUT2D eigenvalue weighted by Gasteiger charge is -2.37. The summed E-state index contributed by atoms with van der Waals surface area (Å²) in [5.41, 5.74) is 3.11. The first-order chi connectivity index (χ1) is 14.5. The van der Waals surface area contributed by atoms with Crippen molar-refractivity contribution in [2.45, 2.75) is 19.4 Å². The molecule has 3 aromatic rings. The molecule has 0 radical (unpaired) electrons. The van der Waals surface area contributed by atoms with Crippen LogP contribution in [0.25, 0.3) is 10.9 Å². The Balaban J connectivity index is 1.45. The lowest BCUT2D eigenvalue weighted by molar-refractivity contribution is -0.136. The highest BCUT2D eigenvalue weighted by atomic mass is 35.5. The third-order valence-corrected chi connectivity index (χ3v) is 5.77. The fraction of sp³-hybridized carbons (Fsp3) is 0.304. The van der Waals surface area contributed by atoms with Crippen molar-refractivity contribution in [1.82, 2.24) is 15.2 Å². The molecule has 1 atom stereocenters. The van der Waals surface area contributed by atoms with Crippen molar-refractivity contribution >= 4 is 40.0 Å². The van der Waals surface area contributed by atoms with E-state index in [2.05, 4.69) is 15.2 Å². The summed E-state index contributed by atoms with van der Waals surface area (Å²) in [6.45, 7) is 4.12. The van der Waals surface area contributed by atoms with E-state index in [1.165, 1.54) is 6.92 Å². The van der Waals surface area contributed by atoms with Crippen LogP contribution in [-0.4, -0.2) is 53.9 Å². The molecule has 156 valence electrons. The molecule has 0 spiro atoms. The second-order valence-corrected chi connectivity index (χ2v) is 8.05. The number of amides is 2. The highest BCUT2D eigenvalue weighted by Gasteiger charge is 2.29. The van der Waals surface area contributed by atoms with Gasteiger partial charge in [0.2, 0.25) is 11.8 Å². The van der Waals surface area contributed by atoms with Crippen molar-refractivity contribution in [3.63, 3.8) is 0 Å². The lowest BCUT2D eigenvalue weighted by Crippen LogP contribution is -2.55. The average Bonchev–Trinajstić information content (AvgIpc) is 3.15. The van der Waals surface area contributed by atoms with Gasteiger partial charge in [0.05, 0.1) is 0 Å². The zero-order chi connectivity index (χ0) is 21.1. The Morgan fingerprint density at radius 3 is 2.60 bits per heavy atom. The van der Waals surface area contributed by atoms with E-state index in [1.807, 2.05) is 59.6 Å². The zero-order valence-corrected chi connectivity index (χ0v) is 17.7. The molecule has 0 aliphatic carbocycles. The molecule has 2 N–H and O–H groups in total. The van der Waals surface area contributed by atoms with Crippen LogP contribution in [0.1, 0.15) is 12.5 Å². The predicted molar refractivity (Wildman–Crippen MR) is 120 cm³/mol. The second-order valence-electron chi connectivity index (χ2n) is 7.61. The molecule has 6 nitrogen and oxygen atoms in total. The minimum atomic E-state index is -0.584. The van der Waals surface area contributed by atoms with Gasteiger partial charge in [0.25, 0.3) is 0 Å². The average molecular weight is 425 g/mol. The standard InChI is InChI=1S/C23H25ClN4O2/c1-16(29)26-22(13-17-15-25-21-8-3-2-7-20(17)21)23(30)28-11-9-27(10-12-28)19-6-4-5-18(24)14-19/h2-8,14-15,22,25H,9-13H2,1H3,(H,26,29). The molecule has 4 rings (SSSR count). The summed E-state index contributed by atoms with van der Waals surface area (Å²) >= 11 is 6.11. The van der Waals surface area contributed by atoms with Crippen LogP contribution in [0, 0.1) is 0 Å². The maximum atomic E-state index is 13.3. The van der Waals surface area contributed by atoms with E-state index in [0.29, 0.717) is 24.5 Å². The summed E-state index contributed by atoms with van der Waals surface area (Å²) in [6.07, 6.45) is 2.38. The number of piperazine rings is 1. The number of aromatic nitrogens is 1. The van der Waals surface area contributed by atoms with Crippen molar-refractivity contribution in [3.05, 3.63) is 65.3 Å². The highest BCUT2D eigenvalue weighted by molar-refractivity contribution is 6.30. The molecular formula is C23H25ClN4O2. The molecule has 2 heterocycles. The first kappa shape index (κ1) is 20.3. The number of carbonyl (C=O) groups is 2. The van der Waals surface area contributed by atoms with E-state index < -0.39 is 6.04 Å². The minimum absolute atomic E-state index is 0.0405. The molecule has 2 aromatic carbocycles. The summed E-state index contributed by atoms with van der Waals surface area (Å²) in [7, 11) is 0. The van der Waals surface area contributed by atoms with Crippen LogP contribution >= 0.6 is 11.6 Å². The van der Waals surface area contributed by atoms with Crippen molar-refractivity contribution in [3.8, 4) is 0 Å². The lowest BCUT2D eigenvalue weighted by atomic mass is 10.0. The number of hydrogen-bond donors (Lipinski definition) is 2. The predicted octanol–water partition coefficient (Wildman–Crippen LogP) is 3.22. The number of rotatable bonds is 5. The van der Waals surface area contributed by atoms with E-state index in [1.54, 1.807) is 0 Å². The maximum absolute atomic E-state index is 13.3. The SMILES string of the molecule is CC(=O)NC(Cc1c[nH]c2ccccc12)C(=O)N1CCN(c2cccc(Cl)c2)CC1. The minimum Gasteiger partial charge on any atom is -0.368 e. The number of para-hydroxylation sites is 1. The van der Waals surface area contributed by atoms with Crippen LogP contribution in [0.2, 0.25) is 5.02 Å². The van der Waals surface area contributed by atoms with Crippen LogP contribution in [0.4, 0.5) is 5.69 Å². The largest absolute Gasteiger partial charge is 0.368 e. The van der Waals surface area contributed by atoms with Crippen molar-refractivity contribution in [2.24, 2.45) is 0 Å². The number of aromatic amines is 1. The quantitative estimate of drug-likeness (QED) is 0.660. The number of halogens is 1. The Morgan fingerprint density at radius 2 is 1.87 bits per heavy atom. The second kappa shape index (κ2) is 8.79. The molecule has 7 heteroatoms. The van der Waals surface area contributed by atoms with Crippen LogP contribution in [-0.2, 0) is 16.0 Å². The van der Waals surface area contributed by atoms with E-state index >= 15 is 0 Å². The van der Waals surface area contributed by atoms with Crippen LogP contribution in [0.15, 0.2) is 54.7 Å². The topological polar surface area (TPSA) is 68.4 Å². The summed E-state index contributed by atoms with van der Waals surface area (Å²) in [6, 6.07) is 15.2. The smallest absolute Gasteiger partial charge is 0.245 e. The van der Waals surface area contributed by atoms with Crippen LogP contribution in [0.5, 0.6) is 0 Å². The van der Waals surface area contributed by atoms with Gasteiger partial charge in [-0.1, -0.05) is 35.9 Å². The van der Waals surface area contributed by atoms with Gasteiger partial charge in [0.15, 0.2) is 0 Å². The Hall–Kier alpha value is -2.99. The summed E-state index contributed by atoms with van der Waals surface area (Å²) in [5, 5.41) is 4.63. The van der Waals surface area contributed by atoms with E-state index in [4.69, 9.17) is 11.6 Å². The van der Waals surface area contributed by atoms with Gasteiger partial charge in [-0.15, -0.1) is 0 Å². The van der Waals surface area contributed by atoms with Gasteiger partial charge in [-0.25, -0.2) is 0 Å². The molecule has 1 saturated heterocycles. The molecule has 1 fully saturated rings. The Kier molecular flexibility index (Phi) is 5.95. The van der Waals surface area contributed by atoms with Gasteiger partial charge >= 0.3 is 0 Å². The monoisotopic (exact) mass is 424 g/mol. The van der Waals surface area contributed by atoms with Gasteiger partial charge in [-0.05, 0) is 29.8 Å². The van der Waals surface area contributed by atoms with Crippen LogP contribution < -0.4 is 10.2 Å². The van der Waals surface area contributed by atoms with Crippen molar-refractivity contribution < 1.29 is 9.59 Å². The van der Waals surface area contributed by atoms with Crippen LogP contribution in [0.3, 0.4) is 0 Å². The molecule has 1 aliphatic rings. The van der Waals surface area contributed by atoms with Gasteiger partial charge in [0, 0.05) is 67.3 Å². The van der Waals surface area contributed by atoms with Gasteiger partial charge < -0.3 is 20.1 Å². The number of nitrogens with zero attached hydrogens (tertiary/aromatic N) is 2. The summed E-state index contributed by atoms with van der Waals surface area (Å²) in [4.78, 5) is 32.4. The van der Waals surface area contributed by atoms with Crippen molar-refractivity contribution in [1.29, 1.82) is 0 Å². The number of anilines is 1. The van der Waals surface area contributed by atoms with Gasteiger partial charge in [-0.3, -0.25) is 9.59 Å². The van der Waals surface area contributed by atoms with Crippen molar-refractivity contribution in [2.75, 3.05) is 31.1 Å². The Labute approximate surface area is 180 Å². The van der Waals surface area contributed by atoms with E-state index in [-0.39, 0.29) is 11.8 Å². The number of nitrogens with one attached hydrogen (secondary N) is 2. The van der Waals surface area contributed by atoms with Gasteiger partial charge in [-0.2, -0.15) is 0 Å². The molecule has 1 aromatic heterocycles. The number of carbonyl (C=O) groups excluding carboxylic acids is 2. The zero-order valence-electron chi connectivity index (χ0n) is 16.9. The maximum Gasteiger partial charge on any atom is 0.245 e. The normalized spacial score (nSPS) is 15.3. The molecule has 0 saturated carbocycles. The Bertz CT molecular complexity index is 1060.